The van der Waals surface area contributed by atoms with Gasteiger partial charge in [0.15, 0.2) is 49.9 Å². The number of aldehydes is 1. The van der Waals surface area contributed by atoms with Crippen LogP contribution in [0.3, 0.4) is 0 Å². The maximum atomic E-state index is 16.5. The number of allylic oxidation sites excluding steroid dienone is 2. The number of carbonyl (C=O) groups is 4. The molecule has 136 heavy (non-hydrogen) atoms. The van der Waals surface area contributed by atoms with E-state index in [0.29, 0.717) is 92.3 Å². The minimum absolute atomic E-state index is 0.0140. The summed E-state index contributed by atoms with van der Waals surface area (Å²) >= 11 is 0. The van der Waals surface area contributed by atoms with Gasteiger partial charge in [-0.2, -0.15) is 0 Å². The topological polar surface area (TPSA) is 603 Å². The lowest BCUT2D eigenvalue weighted by atomic mass is 9.33. The molecule has 776 valence electrons. The first-order valence-electron chi connectivity index (χ1n) is 50.1. The van der Waals surface area contributed by atoms with Crippen molar-refractivity contribution in [1.82, 2.24) is 5.32 Å². The highest BCUT2D eigenvalue weighted by Gasteiger charge is 2.74. The summed E-state index contributed by atoms with van der Waals surface area (Å²) in [5.74, 6) is -0.133. The van der Waals surface area contributed by atoms with Crippen LogP contribution in [0.1, 0.15) is 218 Å². The fourth-order valence-electron chi connectivity index (χ4n) is 29.9. The third kappa shape index (κ3) is 18.3. The Morgan fingerprint density at radius 2 is 1.17 bits per heavy atom. The first kappa shape index (κ1) is 105. The van der Waals surface area contributed by atoms with Gasteiger partial charge in [0.1, 0.15) is 139 Å². The molecule has 0 aromatic rings. The minimum Gasteiger partial charge on any atom is -0.479 e. The van der Waals surface area contributed by atoms with Gasteiger partial charge in [0.25, 0.3) is 0 Å². The molecule has 7 saturated heterocycles. The zero-order valence-corrected chi connectivity index (χ0v) is 80.3. The van der Waals surface area contributed by atoms with Crippen LogP contribution in [0.5, 0.6) is 0 Å². The van der Waals surface area contributed by atoms with Crippen molar-refractivity contribution < 1.29 is 187 Å². The molecular formula is C97H155NO38. The average molecular weight is 1940 g/mol. The van der Waals surface area contributed by atoms with Crippen molar-refractivity contribution >= 4 is 24.3 Å². The van der Waals surface area contributed by atoms with Gasteiger partial charge in [0.05, 0.1) is 69.4 Å². The molecule has 39 nitrogen and oxygen atoms in total. The number of carboxylic acids is 1. The van der Waals surface area contributed by atoms with Crippen molar-refractivity contribution in [2.45, 2.75) is 426 Å². The maximum Gasteiger partial charge on any atom is 0.407 e. The Bertz CT molecular complexity index is 4170. The molecule has 9 aliphatic carbocycles. The van der Waals surface area contributed by atoms with Crippen LogP contribution in [0, 0.1) is 102 Å². The van der Waals surface area contributed by atoms with Gasteiger partial charge in [-0.05, 0) is 214 Å². The zero-order valence-electron chi connectivity index (χ0n) is 80.3. The fraction of sp³-hybridized carbons (Fsp3) is 0.938. The van der Waals surface area contributed by atoms with Gasteiger partial charge in [-0.3, -0.25) is 4.79 Å². The first-order chi connectivity index (χ1) is 64.0. The number of aliphatic hydroxyl groups is 18. The number of fused-ring (bicyclic) bond motifs is 12. The first-order valence-corrected chi connectivity index (χ1v) is 50.1. The zero-order chi connectivity index (χ0) is 98.5. The van der Waals surface area contributed by atoms with E-state index < -0.39 is 310 Å². The summed E-state index contributed by atoms with van der Waals surface area (Å²) in [6.07, 6.45) is -40.4. The van der Waals surface area contributed by atoms with Crippen LogP contribution in [0.25, 0.3) is 0 Å². The predicted molar refractivity (Wildman–Crippen MR) is 468 cm³/mol. The molecule has 16 rings (SSSR count). The predicted octanol–water partition coefficient (Wildman–Crippen LogP) is 0.850. The molecule has 39 heteroatoms. The number of carbonyl (C=O) groups excluding carboxylic acids is 3. The molecule has 0 aromatic heterocycles. The number of aliphatic hydroxyl groups excluding tert-OH is 17. The van der Waals surface area contributed by atoms with Crippen molar-refractivity contribution in [3.63, 3.8) is 0 Å². The van der Waals surface area contributed by atoms with Crippen LogP contribution in [-0.4, -0.2) is 369 Å². The SMILES string of the molecule is CC(C)CCC[C@@H](C)[C@H]1CC[C@H]2[C@@H]3CC[C@H]4C[C@@H](OC(=O)N[C@H]5C(CO)O[C@@H](OC(=O)[C@]67CCC(C)(C)CC6C6=CCC8C9(C)CC[C@H](O[C@@H]%10OC(C(=O)O)[C@@H](O)[C@H](O[C@@H]%11OC[C@@H](O)[C@H](O)C%11O)C%10O[C@@H]%10OC(CO)[C@H](O)[C@H](O)C%10O)[C@](C)(C=O)[C@@H]9CC[C@]8(C)[C@]6(C)CC7O)C(O[C@@H]6OC(C)[C@H](O[C@@H]7OC[C@@H](O)C(O[C@@H]8OC[C@@](O)(CO)C8O)C7O)C(O)C6O)C5O)CC[C@]4(C)[C@H]3CC[C@]12C. The molecule has 8 saturated carbocycles. The van der Waals surface area contributed by atoms with Gasteiger partial charge in [0.2, 0.25) is 6.29 Å². The van der Waals surface area contributed by atoms with Gasteiger partial charge in [-0.1, -0.05) is 107 Å². The lowest BCUT2D eigenvalue weighted by Crippen LogP contribution is -2.70. The van der Waals surface area contributed by atoms with Crippen LogP contribution in [0.4, 0.5) is 4.79 Å². The van der Waals surface area contributed by atoms with Crippen LogP contribution in [0.2, 0.25) is 0 Å². The summed E-state index contributed by atoms with van der Waals surface area (Å²) in [5.41, 5.74) is -7.05. The Labute approximate surface area is 793 Å². The summed E-state index contributed by atoms with van der Waals surface area (Å²) in [5, 5.41) is 218. The van der Waals surface area contributed by atoms with Crippen LogP contribution < -0.4 is 5.32 Å². The van der Waals surface area contributed by atoms with Crippen molar-refractivity contribution in [1.29, 1.82) is 0 Å². The Morgan fingerprint density at radius 1 is 0.537 bits per heavy atom. The van der Waals surface area contributed by atoms with E-state index >= 15 is 4.79 Å². The standard InChI is InChI=1S/C97H155NO38/c1-42(2)14-13-15-43(3)48-18-19-49-47-17-16-45-32-46(22-26-90(45,7)50(47)23-27-91(48,49)8)126-88(120)98-61-55(35-99)127-84(76(64(61)108)134-82-69(113)66(110)72(44(4)125-82)130-81-71(115)73(54(104)38-123-81)131-86-78(116)96(121,40-102)41-124-86)136-87(119)97-31-30-89(5,6)33-52(97)51-20-21-58-92(9)28-25-60(93(10,39-101)57(92)24-29-94(58,11)95(51,12)34-59(97)105)129-85-77(135-83-68(112)65(109)63(107)56(36-100)128-83)74(70(114)75(133-85)79(117)118)132-80-67(111)62(106)53(103)37-122-80/h20,39,42-50,52-78,80-86,99-100,102-116,121H,13-19,21-38,40-41H2,1-12H3,(H,98,120)(H,117,118)/t43-,44?,45+,46+,47+,48-,49+,50+,52?,53-,54-,55?,56?,57-,58?,59?,60+,61+,62+,63+,64?,65+,66?,67?,68?,69?,70+,71?,72+,73?,74+,75?,76?,77?,78?,80+,81+,82+,83+,84+,85-,86+,90+,91-,92?,93-,94+,95-,96+,97-/m1/s1. The molecule has 15 fully saturated rings. The third-order valence-corrected chi connectivity index (χ3v) is 38.0. The molecule has 20 N–H and O–H groups in total. The molecule has 50 atom stereocenters. The highest BCUT2D eigenvalue weighted by molar-refractivity contribution is 5.80. The van der Waals surface area contributed by atoms with Crippen molar-refractivity contribution in [2.24, 2.45) is 102 Å². The molecule has 1 amide bonds. The summed E-state index contributed by atoms with van der Waals surface area (Å²) in [4.78, 5) is 58.9. The molecular weight excluding hydrogens is 1790 g/mol. The Kier molecular flexibility index (Phi) is 30.9. The second-order valence-corrected chi connectivity index (χ2v) is 46.4. The smallest absolute Gasteiger partial charge is 0.407 e. The van der Waals surface area contributed by atoms with E-state index in [4.69, 9.17) is 71.1 Å². The second kappa shape index (κ2) is 40.0. The quantitative estimate of drug-likeness (QED) is 0.0247. The van der Waals surface area contributed by atoms with E-state index in [2.05, 4.69) is 80.6 Å². The van der Waals surface area contributed by atoms with Gasteiger partial charge in [-0.15, -0.1) is 0 Å². The van der Waals surface area contributed by atoms with Gasteiger partial charge in [-0.25, -0.2) is 9.59 Å². The van der Waals surface area contributed by atoms with E-state index in [1.54, 1.807) is 6.92 Å². The molecule has 7 heterocycles. The van der Waals surface area contributed by atoms with Crippen LogP contribution >= 0.6 is 0 Å². The van der Waals surface area contributed by atoms with Gasteiger partial charge in [0, 0.05) is 0 Å². The number of alkyl carbamates (subject to hydrolysis) is 1. The number of aliphatic carboxylic acids is 1. The number of carboxylic acid groups (broad SMARTS) is 1. The van der Waals surface area contributed by atoms with E-state index in [9.17, 15) is 111 Å². The summed E-state index contributed by atoms with van der Waals surface area (Å²) < 4.78 is 92.1. The number of ether oxygens (including phenoxy) is 15. The minimum atomic E-state index is -2.24. The molecule has 0 radical (unpaired) electrons. The number of amides is 1. The molecule has 0 spiro atoms. The lowest BCUT2D eigenvalue weighted by Gasteiger charge is -2.71. The fourth-order valence-corrected chi connectivity index (χ4v) is 29.9. The number of hydrogen-bond acceptors (Lipinski definition) is 37. The summed E-state index contributed by atoms with van der Waals surface area (Å²) in [7, 11) is 0. The molecule has 18 unspecified atom stereocenters. The largest absolute Gasteiger partial charge is 0.479 e. The number of hydrogen-bond donors (Lipinski definition) is 20. The molecule has 0 bridgehead atoms. The van der Waals surface area contributed by atoms with Gasteiger partial charge < -0.3 is 178 Å². The number of esters is 1. The van der Waals surface area contributed by atoms with E-state index in [1.165, 1.54) is 51.9 Å². The van der Waals surface area contributed by atoms with E-state index in [-0.39, 0.29) is 36.5 Å². The Balaban J connectivity index is 0.651. The molecule has 16 aliphatic rings. The van der Waals surface area contributed by atoms with Crippen molar-refractivity contribution in [3.8, 4) is 0 Å². The Hall–Kier alpha value is -3.62. The van der Waals surface area contributed by atoms with Crippen molar-refractivity contribution in [3.05, 3.63) is 11.6 Å². The van der Waals surface area contributed by atoms with Gasteiger partial charge >= 0.3 is 18.0 Å². The highest BCUT2D eigenvalue weighted by atomic mass is 16.8. The average Bonchev–Trinajstić information content (AvgIpc) is 0.810. The van der Waals surface area contributed by atoms with E-state index in [1.807, 2.05) is 0 Å². The van der Waals surface area contributed by atoms with Crippen LogP contribution in [0.15, 0.2) is 11.6 Å². The Morgan fingerprint density at radius 3 is 1.85 bits per heavy atom. The summed E-state index contributed by atoms with van der Waals surface area (Å²) in [6, 6.07) is -1.60. The van der Waals surface area contributed by atoms with Crippen LogP contribution in [-0.2, 0) is 85.4 Å². The number of rotatable bonds is 26. The highest BCUT2D eigenvalue weighted by Crippen LogP contribution is 2.77. The molecule has 7 aliphatic heterocycles. The normalized spacial score (nSPS) is 52.9. The maximum absolute atomic E-state index is 16.5. The second-order valence-electron chi connectivity index (χ2n) is 46.4. The number of nitrogens with one attached hydrogen (secondary N) is 1. The summed E-state index contributed by atoms with van der Waals surface area (Å²) in [6.45, 7) is 21.3. The van der Waals surface area contributed by atoms with Crippen molar-refractivity contribution in [2.75, 3.05) is 39.6 Å². The molecule has 0 aromatic carbocycles. The monoisotopic (exact) mass is 1940 g/mol. The third-order valence-electron chi connectivity index (χ3n) is 38.0. The lowest BCUT2D eigenvalue weighted by molar-refractivity contribution is -0.391. The van der Waals surface area contributed by atoms with E-state index in [0.717, 1.165) is 31.1 Å².